The Bertz CT molecular complexity index is 739. The molecule has 0 spiro atoms. The van der Waals surface area contributed by atoms with Gasteiger partial charge >= 0.3 is 5.97 Å². The Hall–Kier alpha value is -2.83. The first-order chi connectivity index (χ1) is 11.6. The second-order valence-electron chi connectivity index (χ2n) is 5.69. The maximum absolute atomic E-state index is 12.6. The van der Waals surface area contributed by atoms with Crippen LogP contribution in [-0.2, 0) is 4.79 Å². The number of methoxy groups -OCH3 is 1. The number of carboxylic acids is 1. The molecule has 126 valence electrons. The normalized spacial score (nSPS) is 17.5. The summed E-state index contributed by atoms with van der Waals surface area (Å²) in [6, 6.07) is 8.13. The van der Waals surface area contributed by atoms with Gasteiger partial charge in [-0.3, -0.25) is 4.79 Å². The van der Waals surface area contributed by atoms with Crippen LogP contribution in [0.2, 0.25) is 0 Å². The molecule has 1 aliphatic heterocycles. The van der Waals surface area contributed by atoms with Gasteiger partial charge in [-0.1, -0.05) is 0 Å². The van der Waals surface area contributed by atoms with Crippen molar-refractivity contribution < 1.29 is 19.4 Å². The second-order valence-corrected chi connectivity index (χ2v) is 5.69. The van der Waals surface area contributed by atoms with Crippen LogP contribution in [0.1, 0.15) is 29.8 Å². The van der Waals surface area contributed by atoms with Crippen LogP contribution < -0.4 is 4.74 Å². The highest BCUT2D eigenvalue weighted by molar-refractivity contribution is 5.95. The van der Waals surface area contributed by atoms with Crippen LogP contribution in [0.15, 0.2) is 36.5 Å². The molecule has 0 aliphatic carbocycles. The van der Waals surface area contributed by atoms with Gasteiger partial charge in [0.1, 0.15) is 11.8 Å². The smallest absolute Gasteiger partial charge is 0.326 e. The molecule has 2 aromatic rings. The Labute approximate surface area is 139 Å². The number of piperidine rings is 1. The fourth-order valence-electron chi connectivity index (χ4n) is 2.90. The van der Waals surface area contributed by atoms with E-state index in [1.807, 2.05) is 24.3 Å². The number of amides is 1. The number of carbonyl (C=O) groups is 2. The molecule has 1 aliphatic rings. The van der Waals surface area contributed by atoms with Crippen LogP contribution in [0.4, 0.5) is 0 Å². The number of likely N-dealkylation sites (tertiary alicyclic amines) is 1. The molecule has 0 radical (unpaired) electrons. The summed E-state index contributed by atoms with van der Waals surface area (Å²) in [6.45, 7) is 0.450. The van der Waals surface area contributed by atoms with Crippen molar-refractivity contribution in [1.82, 2.24) is 14.7 Å². The summed E-state index contributed by atoms with van der Waals surface area (Å²) in [4.78, 5) is 25.4. The van der Waals surface area contributed by atoms with Gasteiger partial charge in [0.05, 0.1) is 12.8 Å². The highest BCUT2D eigenvalue weighted by Crippen LogP contribution is 2.20. The molecular weight excluding hydrogens is 310 g/mol. The van der Waals surface area contributed by atoms with E-state index in [2.05, 4.69) is 5.10 Å². The largest absolute Gasteiger partial charge is 0.497 e. The topological polar surface area (TPSA) is 84.7 Å². The molecule has 7 heteroatoms. The molecule has 7 nitrogen and oxygen atoms in total. The van der Waals surface area contributed by atoms with E-state index in [0.29, 0.717) is 13.0 Å². The minimum absolute atomic E-state index is 0.249. The number of carboxylic acid groups (broad SMARTS) is 1. The lowest BCUT2D eigenvalue weighted by Gasteiger charge is -2.32. The number of benzene rings is 1. The number of aromatic nitrogens is 2. The molecule has 0 saturated carbocycles. The zero-order chi connectivity index (χ0) is 17.1. The quantitative estimate of drug-likeness (QED) is 0.927. The highest BCUT2D eigenvalue weighted by Gasteiger charge is 2.33. The highest BCUT2D eigenvalue weighted by atomic mass is 16.5. The van der Waals surface area contributed by atoms with Crippen LogP contribution in [0.3, 0.4) is 0 Å². The minimum atomic E-state index is -0.961. The van der Waals surface area contributed by atoms with E-state index in [-0.39, 0.29) is 11.6 Å². The summed E-state index contributed by atoms with van der Waals surface area (Å²) in [5.74, 6) is -0.563. The van der Waals surface area contributed by atoms with Gasteiger partial charge in [0.25, 0.3) is 5.91 Å². The summed E-state index contributed by atoms with van der Waals surface area (Å²) < 4.78 is 6.71. The number of carbonyl (C=O) groups excluding carboxylic acids is 1. The van der Waals surface area contributed by atoms with E-state index in [1.165, 1.54) is 4.90 Å². The van der Waals surface area contributed by atoms with E-state index in [0.717, 1.165) is 24.3 Å². The number of rotatable bonds is 4. The lowest BCUT2D eigenvalue weighted by Crippen LogP contribution is -2.48. The molecule has 1 N–H and O–H groups in total. The lowest BCUT2D eigenvalue weighted by atomic mass is 10.0. The summed E-state index contributed by atoms with van der Waals surface area (Å²) in [7, 11) is 1.59. The van der Waals surface area contributed by atoms with Crippen LogP contribution in [0.5, 0.6) is 5.75 Å². The molecule has 3 rings (SSSR count). The van der Waals surface area contributed by atoms with Gasteiger partial charge in [0, 0.05) is 12.7 Å². The van der Waals surface area contributed by atoms with Gasteiger partial charge in [0.15, 0.2) is 5.69 Å². The van der Waals surface area contributed by atoms with Crippen molar-refractivity contribution in [2.45, 2.75) is 25.3 Å². The van der Waals surface area contributed by atoms with Crippen molar-refractivity contribution in [3.63, 3.8) is 0 Å². The van der Waals surface area contributed by atoms with Crippen LogP contribution >= 0.6 is 0 Å². The predicted octanol–water partition coefficient (Wildman–Crippen LogP) is 1.96. The Balaban J connectivity index is 1.81. The maximum atomic E-state index is 12.6. The summed E-state index contributed by atoms with van der Waals surface area (Å²) in [6.07, 6.45) is 3.81. The van der Waals surface area contributed by atoms with Crippen molar-refractivity contribution in [2.75, 3.05) is 13.7 Å². The molecular formula is C17H19N3O4. The van der Waals surface area contributed by atoms with Gasteiger partial charge < -0.3 is 14.7 Å². The van der Waals surface area contributed by atoms with E-state index >= 15 is 0 Å². The van der Waals surface area contributed by atoms with Crippen molar-refractivity contribution in [1.29, 1.82) is 0 Å². The van der Waals surface area contributed by atoms with Gasteiger partial charge in [0.2, 0.25) is 0 Å². The maximum Gasteiger partial charge on any atom is 0.326 e. The summed E-state index contributed by atoms with van der Waals surface area (Å²) >= 11 is 0. The molecule has 2 heterocycles. The summed E-state index contributed by atoms with van der Waals surface area (Å²) in [5.41, 5.74) is 1.04. The number of nitrogens with zero attached hydrogens (tertiary/aromatic N) is 3. The SMILES string of the molecule is COc1ccc(-n2ccc(C(=O)N3CCCCC3C(=O)O)n2)cc1. The minimum Gasteiger partial charge on any atom is -0.497 e. The van der Waals surface area contributed by atoms with Gasteiger partial charge in [-0.2, -0.15) is 5.10 Å². The molecule has 1 amide bonds. The zero-order valence-electron chi connectivity index (χ0n) is 13.4. The van der Waals surface area contributed by atoms with Crippen molar-refractivity contribution in [2.24, 2.45) is 0 Å². The van der Waals surface area contributed by atoms with Gasteiger partial charge in [-0.25, -0.2) is 9.48 Å². The molecule has 1 aromatic carbocycles. The molecule has 1 fully saturated rings. The van der Waals surface area contributed by atoms with E-state index in [9.17, 15) is 14.7 Å². The fraction of sp³-hybridized carbons (Fsp3) is 0.353. The van der Waals surface area contributed by atoms with Crippen LogP contribution in [-0.4, -0.2) is 51.4 Å². The Kier molecular flexibility index (Phi) is 4.50. The third kappa shape index (κ3) is 3.10. The average Bonchev–Trinajstić information content (AvgIpc) is 3.11. The van der Waals surface area contributed by atoms with Crippen molar-refractivity contribution in [3.05, 3.63) is 42.2 Å². The predicted molar refractivity (Wildman–Crippen MR) is 86.4 cm³/mol. The van der Waals surface area contributed by atoms with Crippen LogP contribution in [0.25, 0.3) is 5.69 Å². The van der Waals surface area contributed by atoms with Crippen LogP contribution in [0, 0.1) is 0 Å². The third-order valence-corrected chi connectivity index (χ3v) is 4.19. The molecule has 0 bridgehead atoms. The zero-order valence-corrected chi connectivity index (χ0v) is 13.4. The Morgan fingerprint density at radius 1 is 1.21 bits per heavy atom. The Morgan fingerprint density at radius 3 is 2.62 bits per heavy atom. The first-order valence-electron chi connectivity index (χ1n) is 7.84. The van der Waals surface area contributed by atoms with Crippen molar-refractivity contribution in [3.8, 4) is 11.4 Å². The van der Waals surface area contributed by atoms with E-state index in [4.69, 9.17) is 4.74 Å². The number of aliphatic carboxylic acids is 1. The van der Waals surface area contributed by atoms with E-state index < -0.39 is 12.0 Å². The third-order valence-electron chi connectivity index (χ3n) is 4.19. The number of hydrogen-bond donors (Lipinski definition) is 1. The second kappa shape index (κ2) is 6.74. The Morgan fingerprint density at radius 2 is 1.96 bits per heavy atom. The van der Waals surface area contributed by atoms with Gasteiger partial charge in [-0.05, 0) is 49.6 Å². The first kappa shape index (κ1) is 16.0. The summed E-state index contributed by atoms with van der Waals surface area (Å²) in [5, 5.41) is 13.6. The van der Waals surface area contributed by atoms with Gasteiger partial charge in [-0.15, -0.1) is 0 Å². The average molecular weight is 329 g/mol. The molecule has 1 aromatic heterocycles. The standard InChI is InChI=1S/C17H19N3O4/c1-24-13-7-5-12(6-8-13)20-11-9-14(18-20)16(21)19-10-3-2-4-15(19)17(22)23/h5-9,11,15H,2-4,10H2,1H3,(H,22,23). The number of hydrogen-bond acceptors (Lipinski definition) is 4. The molecule has 1 atom stereocenters. The first-order valence-corrected chi connectivity index (χ1v) is 7.84. The lowest BCUT2D eigenvalue weighted by molar-refractivity contribution is -0.143. The fourth-order valence-corrected chi connectivity index (χ4v) is 2.90. The van der Waals surface area contributed by atoms with Crippen molar-refractivity contribution >= 4 is 11.9 Å². The molecule has 1 unspecified atom stereocenters. The molecule has 24 heavy (non-hydrogen) atoms. The monoisotopic (exact) mass is 329 g/mol. The number of ether oxygens (including phenoxy) is 1. The molecule has 1 saturated heterocycles. The van der Waals surface area contributed by atoms with E-state index in [1.54, 1.807) is 24.1 Å².